The van der Waals surface area contributed by atoms with Gasteiger partial charge in [-0.2, -0.15) is 0 Å². The second-order valence-electron chi connectivity index (χ2n) is 9.44. The molecule has 0 saturated carbocycles. The van der Waals surface area contributed by atoms with Gasteiger partial charge >= 0.3 is 6.03 Å². The molecule has 2 aliphatic heterocycles. The van der Waals surface area contributed by atoms with E-state index in [1.54, 1.807) is 12.4 Å². The number of nitrogens with one attached hydrogen (secondary N) is 1. The van der Waals surface area contributed by atoms with Gasteiger partial charge in [-0.05, 0) is 57.7 Å². The monoisotopic (exact) mass is 470 g/mol. The molecular formula is C25H35ClN6O. The van der Waals surface area contributed by atoms with Crippen molar-refractivity contribution in [2.45, 2.75) is 51.7 Å². The first kappa shape index (κ1) is 23.8. The Bertz CT molecular complexity index is 876. The lowest BCUT2D eigenvalue weighted by Gasteiger charge is -2.44. The summed E-state index contributed by atoms with van der Waals surface area (Å²) in [6, 6.07) is 10.9. The Balaban J connectivity index is 1.18. The van der Waals surface area contributed by atoms with Crippen molar-refractivity contribution in [3.8, 4) is 0 Å². The van der Waals surface area contributed by atoms with Crippen LogP contribution in [-0.2, 0) is 6.54 Å². The number of rotatable bonds is 6. The molecule has 178 valence electrons. The van der Waals surface area contributed by atoms with Gasteiger partial charge in [0, 0.05) is 38.3 Å². The number of likely N-dealkylation sites (tertiary alicyclic amines) is 1. The maximum absolute atomic E-state index is 12.9. The molecule has 1 aromatic carbocycles. The minimum atomic E-state index is 0.0354. The van der Waals surface area contributed by atoms with Gasteiger partial charge in [0.15, 0.2) is 0 Å². The number of hydrogen-bond donors (Lipinski definition) is 1. The number of piperidine rings is 1. The summed E-state index contributed by atoms with van der Waals surface area (Å²) in [6.07, 6.45) is 6.69. The molecular weight excluding hydrogens is 436 g/mol. The van der Waals surface area contributed by atoms with E-state index >= 15 is 0 Å². The summed E-state index contributed by atoms with van der Waals surface area (Å²) < 4.78 is 0. The summed E-state index contributed by atoms with van der Waals surface area (Å²) in [4.78, 5) is 28.2. The van der Waals surface area contributed by atoms with Crippen LogP contribution >= 0.6 is 11.6 Å². The van der Waals surface area contributed by atoms with E-state index in [0.717, 1.165) is 32.6 Å². The highest BCUT2D eigenvalue weighted by molar-refractivity contribution is 6.30. The standard InChI is InChI=1S/C25H35ClN6O/c1-19-16-31(24-28-14-23(26)15-29-24)17-20(2)32(19)25(33)27-11-8-21-9-12-30(13-10-21)18-22-6-4-3-5-7-22/h3-7,14-15,19-21H,8-13,16-18H2,1-2H3,(H,27,33)/t19-,20-/m1/s1. The van der Waals surface area contributed by atoms with Crippen molar-refractivity contribution in [3.63, 3.8) is 0 Å². The fraction of sp³-hybridized carbons (Fsp3) is 0.560. The third-order valence-corrected chi connectivity index (χ3v) is 7.02. The number of piperazine rings is 1. The topological polar surface area (TPSA) is 64.6 Å². The van der Waals surface area contributed by atoms with Crippen molar-refractivity contribution in [2.24, 2.45) is 5.92 Å². The van der Waals surface area contributed by atoms with Gasteiger partial charge in [0.1, 0.15) is 0 Å². The fourth-order valence-corrected chi connectivity index (χ4v) is 5.20. The predicted molar refractivity (Wildman–Crippen MR) is 132 cm³/mol. The Hall–Kier alpha value is -2.38. The molecule has 0 radical (unpaired) electrons. The molecule has 3 heterocycles. The largest absolute Gasteiger partial charge is 0.338 e. The van der Waals surface area contributed by atoms with Gasteiger partial charge in [-0.25, -0.2) is 14.8 Å². The number of hydrogen-bond acceptors (Lipinski definition) is 5. The van der Waals surface area contributed by atoms with Crippen molar-refractivity contribution in [2.75, 3.05) is 37.6 Å². The Labute approximate surface area is 202 Å². The van der Waals surface area contributed by atoms with E-state index in [9.17, 15) is 4.79 Å². The number of aromatic nitrogens is 2. The van der Waals surface area contributed by atoms with Crippen LogP contribution in [0.1, 0.15) is 38.7 Å². The van der Waals surface area contributed by atoms with E-state index in [4.69, 9.17) is 11.6 Å². The van der Waals surface area contributed by atoms with Gasteiger partial charge in [-0.15, -0.1) is 0 Å². The molecule has 2 amide bonds. The van der Waals surface area contributed by atoms with Crippen LogP contribution in [-0.4, -0.2) is 70.6 Å². The molecule has 1 aromatic heterocycles. The number of amides is 2. The van der Waals surface area contributed by atoms with E-state index in [2.05, 4.69) is 69.3 Å². The summed E-state index contributed by atoms with van der Waals surface area (Å²) >= 11 is 5.91. The number of urea groups is 1. The molecule has 2 fully saturated rings. The lowest BCUT2D eigenvalue weighted by Crippen LogP contribution is -2.61. The molecule has 0 spiro atoms. The van der Waals surface area contributed by atoms with Gasteiger partial charge in [0.05, 0.1) is 17.4 Å². The van der Waals surface area contributed by atoms with Gasteiger partial charge in [0.25, 0.3) is 0 Å². The zero-order valence-electron chi connectivity index (χ0n) is 19.7. The molecule has 8 heteroatoms. The second-order valence-corrected chi connectivity index (χ2v) is 9.87. The van der Waals surface area contributed by atoms with Crippen LogP contribution in [0.4, 0.5) is 10.7 Å². The van der Waals surface area contributed by atoms with Crippen LogP contribution in [0, 0.1) is 5.92 Å². The van der Waals surface area contributed by atoms with Crippen LogP contribution in [0.15, 0.2) is 42.7 Å². The van der Waals surface area contributed by atoms with Gasteiger partial charge in [0.2, 0.25) is 5.95 Å². The molecule has 7 nitrogen and oxygen atoms in total. The number of carbonyl (C=O) groups excluding carboxylic acids is 1. The first-order valence-electron chi connectivity index (χ1n) is 12.0. The molecule has 2 saturated heterocycles. The highest BCUT2D eigenvalue weighted by Gasteiger charge is 2.33. The Kier molecular flexibility index (Phi) is 8.04. The summed E-state index contributed by atoms with van der Waals surface area (Å²) in [6.45, 7) is 9.63. The Morgan fingerprint density at radius 2 is 1.70 bits per heavy atom. The summed E-state index contributed by atoms with van der Waals surface area (Å²) in [5.74, 6) is 1.35. The SMILES string of the molecule is C[C@@H]1CN(c2ncc(Cl)cn2)C[C@@H](C)N1C(=O)NCCC1CCN(Cc2ccccc2)CC1. The highest BCUT2D eigenvalue weighted by atomic mass is 35.5. The first-order chi connectivity index (χ1) is 16.0. The average Bonchev–Trinajstić information content (AvgIpc) is 2.81. The fourth-order valence-electron chi connectivity index (χ4n) is 5.10. The quantitative estimate of drug-likeness (QED) is 0.690. The normalized spacial score (nSPS) is 22.4. The molecule has 2 aliphatic rings. The van der Waals surface area contributed by atoms with E-state index in [0.29, 0.717) is 30.0 Å². The minimum absolute atomic E-state index is 0.0354. The molecule has 0 bridgehead atoms. The van der Waals surface area contributed by atoms with Gasteiger partial charge in [-0.1, -0.05) is 41.9 Å². The van der Waals surface area contributed by atoms with Crippen molar-refractivity contribution >= 4 is 23.6 Å². The van der Waals surface area contributed by atoms with Crippen molar-refractivity contribution < 1.29 is 4.79 Å². The zero-order valence-corrected chi connectivity index (χ0v) is 20.4. The molecule has 2 aromatic rings. The molecule has 1 N–H and O–H groups in total. The van der Waals surface area contributed by atoms with Crippen molar-refractivity contribution in [3.05, 3.63) is 53.3 Å². The first-order valence-corrected chi connectivity index (χ1v) is 12.4. The lowest BCUT2D eigenvalue weighted by atomic mass is 9.93. The average molecular weight is 471 g/mol. The van der Waals surface area contributed by atoms with Crippen LogP contribution in [0.3, 0.4) is 0 Å². The van der Waals surface area contributed by atoms with Gasteiger partial charge < -0.3 is 15.1 Å². The van der Waals surface area contributed by atoms with E-state index < -0.39 is 0 Å². The van der Waals surface area contributed by atoms with Crippen LogP contribution in [0.25, 0.3) is 0 Å². The van der Waals surface area contributed by atoms with Crippen LogP contribution < -0.4 is 10.2 Å². The predicted octanol–water partition coefficient (Wildman–Crippen LogP) is 4.04. The number of nitrogens with zero attached hydrogens (tertiary/aromatic N) is 5. The highest BCUT2D eigenvalue weighted by Crippen LogP contribution is 2.23. The van der Waals surface area contributed by atoms with Crippen molar-refractivity contribution in [1.82, 2.24) is 25.1 Å². The maximum Gasteiger partial charge on any atom is 0.318 e. The minimum Gasteiger partial charge on any atom is -0.338 e. The summed E-state index contributed by atoms with van der Waals surface area (Å²) in [5, 5.41) is 3.71. The zero-order chi connectivity index (χ0) is 23.2. The lowest BCUT2D eigenvalue weighted by molar-refractivity contribution is 0.139. The van der Waals surface area contributed by atoms with E-state index in [1.807, 2.05) is 4.90 Å². The number of benzene rings is 1. The molecule has 33 heavy (non-hydrogen) atoms. The Morgan fingerprint density at radius 3 is 2.33 bits per heavy atom. The molecule has 4 rings (SSSR count). The number of halogens is 1. The Morgan fingerprint density at radius 1 is 1.06 bits per heavy atom. The second kappa shape index (κ2) is 11.2. The third-order valence-electron chi connectivity index (χ3n) is 6.83. The summed E-state index contributed by atoms with van der Waals surface area (Å²) in [7, 11) is 0. The van der Waals surface area contributed by atoms with E-state index in [1.165, 1.54) is 18.4 Å². The smallest absolute Gasteiger partial charge is 0.318 e. The van der Waals surface area contributed by atoms with Crippen LogP contribution in [0.2, 0.25) is 5.02 Å². The molecule has 2 atom stereocenters. The summed E-state index contributed by atoms with van der Waals surface area (Å²) in [5.41, 5.74) is 1.38. The molecule has 0 aliphatic carbocycles. The number of anilines is 1. The van der Waals surface area contributed by atoms with E-state index in [-0.39, 0.29) is 18.1 Å². The third kappa shape index (κ3) is 6.36. The maximum atomic E-state index is 12.9. The van der Waals surface area contributed by atoms with Crippen LogP contribution in [0.5, 0.6) is 0 Å². The van der Waals surface area contributed by atoms with Gasteiger partial charge in [-0.3, -0.25) is 4.90 Å². The number of carbonyl (C=O) groups is 1. The molecule has 0 unspecified atom stereocenters. The van der Waals surface area contributed by atoms with Crippen molar-refractivity contribution in [1.29, 1.82) is 0 Å².